The molecule has 0 atom stereocenters. The van der Waals surface area contributed by atoms with Crippen LogP contribution in [0.4, 0.5) is 0 Å². The molecule has 0 saturated carbocycles. The average Bonchev–Trinajstić information content (AvgIpc) is 2.50. The molecule has 0 bridgehead atoms. The van der Waals surface area contributed by atoms with E-state index in [4.69, 9.17) is 0 Å². The van der Waals surface area contributed by atoms with Gasteiger partial charge in [0.2, 0.25) is 0 Å². The van der Waals surface area contributed by atoms with E-state index in [-0.39, 0.29) is 0 Å². The van der Waals surface area contributed by atoms with Crippen LogP contribution in [0.5, 0.6) is 0 Å². The Bertz CT molecular complexity index is 562. The Hall–Kier alpha value is -0.0153. The van der Waals surface area contributed by atoms with Crippen molar-refractivity contribution in [3.8, 4) is 0 Å². The van der Waals surface area contributed by atoms with Crippen molar-refractivity contribution in [3.63, 3.8) is 0 Å². The molecule has 2 rings (SSSR count). The summed E-state index contributed by atoms with van der Waals surface area (Å²) in [5.74, 6) is 0. The van der Waals surface area contributed by atoms with E-state index in [2.05, 4.69) is 55.2 Å². The van der Waals surface area contributed by atoms with Gasteiger partial charge in [0.25, 0.3) is 0 Å². The number of halogens is 1. The number of thiophene rings is 1. The molecule has 7 heteroatoms. The molecule has 0 aliphatic heterocycles. The smallest absolute Gasteiger partial charge is 0.151 e. The van der Waals surface area contributed by atoms with Crippen molar-refractivity contribution < 1.29 is 0 Å². The standard InChI is InChI=1S/C8H10B5BrS/c9-2-1-3(10)8(13)15-7(1)5(12)4(11)6(2)14/h9-13H2. The number of benzene rings is 1. The molecule has 2 aromatic rings. The molecular weight excluding hydrogens is 262 g/mol. The van der Waals surface area contributed by atoms with Crippen molar-refractivity contribution in [1.82, 2.24) is 0 Å². The fraction of sp³-hybridized carbons (Fsp3) is 0. The maximum atomic E-state index is 3.70. The van der Waals surface area contributed by atoms with Gasteiger partial charge in [-0.3, -0.25) is 0 Å². The molecule has 0 saturated heterocycles. The van der Waals surface area contributed by atoms with Gasteiger partial charge < -0.3 is 0 Å². The molecule has 1 aromatic carbocycles. The van der Waals surface area contributed by atoms with Crippen LogP contribution < -0.4 is 26.6 Å². The molecule has 1 aromatic heterocycles. The molecular formula is C8H10B5BrS. The zero-order valence-electron chi connectivity index (χ0n) is 9.79. The van der Waals surface area contributed by atoms with Crippen molar-refractivity contribution in [1.29, 1.82) is 0 Å². The molecule has 0 N–H and O–H groups in total. The molecule has 1 heterocycles. The Kier molecular flexibility index (Phi) is 2.89. The number of rotatable bonds is 0. The quantitative estimate of drug-likeness (QED) is 0.421. The second-order valence-corrected chi connectivity index (χ2v) is 6.19. The Morgan fingerprint density at radius 2 is 1.40 bits per heavy atom. The maximum absolute atomic E-state index is 3.70. The summed E-state index contributed by atoms with van der Waals surface area (Å²) in [5.41, 5.74) is 5.62. The molecule has 70 valence electrons. The molecule has 15 heavy (non-hydrogen) atoms. The summed E-state index contributed by atoms with van der Waals surface area (Å²) >= 11 is 5.62. The minimum atomic E-state index is 1.27. The number of hydrogen-bond acceptors (Lipinski definition) is 1. The van der Waals surface area contributed by atoms with Crippen LogP contribution in [0.25, 0.3) is 10.1 Å². The second-order valence-electron chi connectivity index (χ2n) is 4.18. The number of fused-ring (bicyclic) bond motifs is 1. The van der Waals surface area contributed by atoms with Crippen molar-refractivity contribution in [2.24, 2.45) is 0 Å². The predicted octanol–water partition coefficient (Wildman–Crippen LogP) is -5.04. The Balaban J connectivity index is 3.07. The summed E-state index contributed by atoms with van der Waals surface area (Å²) in [6.45, 7) is 0. The van der Waals surface area contributed by atoms with Gasteiger partial charge >= 0.3 is 0 Å². The first-order valence-corrected chi connectivity index (χ1v) is 6.71. The van der Waals surface area contributed by atoms with E-state index in [0.717, 1.165) is 0 Å². The third-order valence-electron chi connectivity index (χ3n) is 3.32. The highest BCUT2D eigenvalue weighted by Gasteiger charge is 2.14. The van der Waals surface area contributed by atoms with E-state index in [1.54, 1.807) is 0 Å². The minimum absolute atomic E-state index is 1.27. The van der Waals surface area contributed by atoms with Gasteiger partial charge in [0.1, 0.15) is 31.4 Å². The fourth-order valence-corrected chi connectivity index (χ4v) is 3.84. The average molecular weight is 272 g/mol. The summed E-state index contributed by atoms with van der Waals surface area (Å²) in [6, 6.07) is 0. The van der Waals surface area contributed by atoms with Crippen LogP contribution in [0.15, 0.2) is 4.47 Å². The largest absolute Gasteiger partial charge is 0.152 e. The molecule has 0 radical (unpaired) electrons. The third kappa shape index (κ3) is 1.55. The van der Waals surface area contributed by atoms with Crippen LogP contribution in [-0.4, -0.2) is 39.2 Å². The summed E-state index contributed by atoms with van der Waals surface area (Å²) in [7, 11) is 11.1. The summed E-state index contributed by atoms with van der Waals surface area (Å²) in [6.07, 6.45) is 0. The van der Waals surface area contributed by atoms with E-state index in [9.17, 15) is 0 Å². The van der Waals surface area contributed by atoms with Crippen molar-refractivity contribution in [2.75, 3.05) is 0 Å². The zero-order valence-corrected chi connectivity index (χ0v) is 12.2. The predicted molar refractivity (Wildman–Crippen MR) is 90.4 cm³/mol. The van der Waals surface area contributed by atoms with E-state index < -0.39 is 0 Å². The van der Waals surface area contributed by atoms with Crippen molar-refractivity contribution >= 4 is 103 Å². The van der Waals surface area contributed by atoms with E-state index in [0.29, 0.717) is 0 Å². The van der Waals surface area contributed by atoms with Crippen molar-refractivity contribution in [2.45, 2.75) is 0 Å². The first-order valence-electron chi connectivity index (χ1n) is 5.10. The Labute approximate surface area is 107 Å². The highest BCUT2D eigenvalue weighted by atomic mass is 79.9. The Morgan fingerprint density at radius 1 is 0.800 bits per heavy atom. The van der Waals surface area contributed by atoms with Gasteiger partial charge in [-0.2, -0.15) is 11.3 Å². The topological polar surface area (TPSA) is 0 Å². The second kappa shape index (κ2) is 3.78. The molecule has 0 aliphatic rings. The molecule has 0 aliphatic carbocycles. The van der Waals surface area contributed by atoms with E-state index in [1.165, 1.54) is 41.2 Å². The minimum Gasteiger partial charge on any atom is -0.152 e. The van der Waals surface area contributed by atoms with Gasteiger partial charge in [0.05, 0.1) is 0 Å². The van der Waals surface area contributed by atoms with Crippen LogP contribution in [0.3, 0.4) is 0 Å². The van der Waals surface area contributed by atoms with Gasteiger partial charge in [-0.05, 0) is 10.2 Å². The normalized spacial score (nSPS) is 11.0. The lowest BCUT2D eigenvalue weighted by atomic mass is 9.73. The fourth-order valence-electron chi connectivity index (χ4n) is 2.07. The van der Waals surface area contributed by atoms with Gasteiger partial charge in [-0.15, -0.1) is 0 Å². The summed E-state index contributed by atoms with van der Waals surface area (Å²) < 4.78 is 4.17. The third-order valence-corrected chi connectivity index (χ3v) is 5.84. The lowest BCUT2D eigenvalue weighted by Crippen LogP contribution is -2.34. The van der Waals surface area contributed by atoms with Crippen molar-refractivity contribution in [3.05, 3.63) is 4.47 Å². The SMILES string of the molecule is Bc1sc2c(B)c(B)c(Br)c(B)c2c1B. The van der Waals surface area contributed by atoms with Crippen LogP contribution in [0.1, 0.15) is 0 Å². The number of hydrogen-bond donors (Lipinski definition) is 0. The highest BCUT2D eigenvalue weighted by molar-refractivity contribution is 9.10. The summed E-state index contributed by atoms with van der Waals surface area (Å²) in [4.78, 5) is 0. The van der Waals surface area contributed by atoms with Gasteiger partial charge in [-0.25, -0.2) is 0 Å². The highest BCUT2D eigenvalue weighted by Crippen LogP contribution is 2.14. The molecule has 0 amide bonds. The van der Waals surface area contributed by atoms with Gasteiger partial charge in [0.15, 0.2) is 7.85 Å². The van der Waals surface area contributed by atoms with Crippen LogP contribution in [0.2, 0.25) is 0 Å². The monoisotopic (exact) mass is 272 g/mol. The maximum Gasteiger partial charge on any atom is 0.151 e. The van der Waals surface area contributed by atoms with Crippen LogP contribution >= 0.6 is 27.3 Å². The lowest BCUT2D eigenvalue weighted by molar-refractivity contribution is 1.98. The lowest BCUT2D eigenvalue weighted by Gasteiger charge is -2.10. The zero-order chi connectivity index (χ0) is 11.3. The Morgan fingerprint density at radius 3 is 2.00 bits per heavy atom. The molecule has 0 unspecified atom stereocenters. The molecule has 0 fully saturated rings. The first kappa shape index (κ1) is 11.5. The van der Waals surface area contributed by atoms with Gasteiger partial charge in [0, 0.05) is 9.17 Å². The summed E-state index contributed by atoms with van der Waals surface area (Å²) in [5, 5.41) is 1.45. The van der Waals surface area contributed by atoms with E-state index >= 15 is 0 Å². The van der Waals surface area contributed by atoms with Crippen LogP contribution in [0, 0.1) is 0 Å². The van der Waals surface area contributed by atoms with Gasteiger partial charge in [-0.1, -0.05) is 37.8 Å². The van der Waals surface area contributed by atoms with E-state index in [1.807, 2.05) is 11.3 Å². The molecule has 0 nitrogen and oxygen atoms in total. The first-order chi connectivity index (χ1) is 6.95. The molecule has 0 spiro atoms. The van der Waals surface area contributed by atoms with Crippen LogP contribution in [-0.2, 0) is 0 Å².